The molecule has 1 aromatic rings. The first kappa shape index (κ1) is 11.0. The van der Waals surface area contributed by atoms with E-state index in [2.05, 4.69) is 5.32 Å². The molecule has 1 rings (SSSR count). The summed E-state index contributed by atoms with van der Waals surface area (Å²) >= 11 is 5.89. The van der Waals surface area contributed by atoms with Crippen molar-refractivity contribution in [2.45, 2.75) is 6.92 Å². The van der Waals surface area contributed by atoms with Crippen molar-refractivity contribution in [3.63, 3.8) is 0 Å². The van der Waals surface area contributed by atoms with Crippen molar-refractivity contribution in [1.82, 2.24) is 5.32 Å². The molecule has 0 radical (unpaired) electrons. The van der Waals surface area contributed by atoms with Gasteiger partial charge in [0.15, 0.2) is 0 Å². The fraction of sp³-hybridized carbons (Fsp3) is 0.300. The molecule has 0 bridgehead atoms. The maximum atomic E-state index is 11.4. The summed E-state index contributed by atoms with van der Waals surface area (Å²) in [5.74, 6) is -0.141. The van der Waals surface area contributed by atoms with Crippen molar-refractivity contribution in [3.05, 3.63) is 34.3 Å². The predicted octanol–water partition coefficient (Wildman–Crippen LogP) is 1.34. The van der Waals surface area contributed by atoms with Crippen LogP contribution in [0.5, 0.6) is 0 Å². The monoisotopic (exact) mass is 212 g/mol. The molecule has 3 nitrogen and oxygen atoms in total. The molecule has 0 saturated carbocycles. The van der Waals surface area contributed by atoms with E-state index in [1.54, 1.807) is 12.1 Å². The first-order valence-corrected chi connectivity index (χ1v) is 4.77. The molecule has 0 aliphatic carbocycles. The molecular formula is C10H13ClN2O. The summed E-state index contributed by atoms with van der Waals surface area (Å²) in [6, 6.07) is 5.22. The van der Waals surface area contributed by atoms with Crippen LogP contribution in [0.25, 0.3) is 0 Å². The average molecular weight is 213 g/mol. The van der Waals surface area contributed by atoms with Crippen molar-refractivity contribution in [2.24, 2.45) is 5.73 Å². The second-order valence-corrected chi connectivity index (χ2v) is 3.42. The lowest BCUT2D eigenvalue weighted by Gasteiger charge is -2.04. The SMILES string of the molecule is Cc1ccc(C(=O)NCCN)cc1Cl. The Morgan fingerprint density at radius 3 is 2.86 bits per heavy atom. The minimum atomic E-state index is -0.141. The molecule has 0 aliphatic rings. The number of hydrogen-bond acceptors (Lipinski definition) is 2. The minimum Gasteiger partial charge on any atom is -0.351 e. The van der Waals surface area contributed by atoms with Crippen LogP contribution in [0.4, 0.5) is 0 Å². The van der Waals surface area contributed by atoms with Crippen LogP contribution < -0.4 is 11.1 Å². The van der Waals surface area contributed by atoms with Crippen molar-refractivity contribution >= 4 is 17.5 Å². The van der Waals surface area contributed by atoms with E-state index < -0.39 is 0 Å². The van der Waals surface area contributed by atoms with Crippen LogP contribution >= 0.6 is 11.6 Å². The van der Waals surface area contributed by atoms with Gasteiger partial charge in [0.05, 0.1) is 0 Å². The highest BCUT2D eigenvalue weighted by Gasteiger charge is 2.05. The van der Waals surface area contributed by atoms with Crippen molar-refractivity contribution in [3.8, 4) is 0 Å². The fourth-order valence-electron chi connectivity index (χ4n) is 1.02. The minimum absolute atomic E-state index is 0.141. The van der Waals surface area contributed by atoms with E-state index in [0.29, 0.717) is 23.7 Å². The molecule has 0 aliphatic heterocycles. The summed E-state index contributed by atoms with van der Waals surface area (Å²) < 4.78 is 0. The van der Waals surface area contributed by atoms with Gasteiger partial charge in [-0.25, -0.2) is 0 Å². The Hall–Kier alpha value is -1.06. The van der Waals surface area contributed by atoms with Crippen LogP contribution in [0.2, 0.25) is 5.02 Å². The smallest absolute Gasteiger partial charge is 0.251 e. The van der Waals surface area contributed by atoms with E-state index in [1.807, 2.05) is 13.0 Å². The first-order valence-electron chi connectivity index (χ1n) is 4.39. The number of nitrogens with two attached hydrogens (primary N) is 1. The maximum Gasteiger partial charge on any atom is 0.251 e. The van der Waals surface area contributed by atoms with E-state index in [9.17, 15) is 4.79 Å². The third-order valence-electron chi connectivity index (χ3n) is 1.86. The van der Waals surface area contributed by atoms with E-state index in [4.69, 9.17) is 17.3 Å². The topological polar surface area (TPSA) is 55.1 Å². The Kier molecular flexibility index (Phi) is 3.92. The second-order valence-electron chi connectivity index (χ2n) is 3.01. The molecule has 0 unspecified atom stereocenters. The quantitative estimate of drug-likeness (QED) is 0.795. The van der Waals surface area contributed by atoms with Crippen LogP contribution in [0, 0.1) is 6.92 Å². The molecule has 76 valence electrons. The Morgan fingerprint density at radius 1 is 1.57 bits per heavy atom. The Balaban J connectivity index is 2.76. The zero-order chi connectivity index (χ0) is 10.6. The summed E-state index contributed by atoms with van der Waals surface area (Å²) in [5, 5.41) is 3.27. The third kappa shape index (κ3) is 2.72. The largest absolute Gasteiger partial charge is 0.351 e. The van der Waals surface area contributed by atoms with Gasteiger partial charge in [-0.15, -0.1) is 0 Å². The predicted molar refractivity (Wildman–Crippen MR) is 57.6 cm³/mol. The molecule has 4 heteroatoms. The maximum absolute atomic E-state index is 11.4. The van der Waals surface area contributed by atoms with Crippen molar-refractivity contribution in [1.29, 1.82) is 0 Å². The van der Waals surface area contributed by atoms with E-state index in [-0.39, 0.29) is 5.91 Å². The van der Waals surface area contributed by atoms with Gasteiger partial charge in [0.25, 0.3) is 5.91 Å². The molecule has 1 aromatic carbocycles. The molecule has 14 heavy (non-hydrogen) atoms. The number of halogens is 1. The van der Waals surface area contributed by atoms with E-state index >= 15 is 0 Å². The lowest BCUT2D eigenvalue weighted by molar-refractivity contribution is 0.0955. The zero-order valence-corrected chi connectivity index (χ0v) is 8.77. The fourth-order valence-corrected chi connectivity index (χ4v) is 1.20. The molecule has 0 fully saturated rings. The van der Waals surface area contributed by atoms with E-state index in [0.717, 1.165) is 5.56 Å². The number of carbonyl (C=O) groups excluding carboxylic acids is 1. The Labute approximate surface area is 88.2 Å². The molecule has 0 atom stereocenters. The van der Waals surface area contributed by atoms with Crippen LogP contribution in [0.1, 0.15) is 15.9 Å². The molecule has 1 amide bonds. The van der Waals surface area contributed by atoms with E-state index in [1.165, 1.54) is 0 Å². The standard InChI is InChI=1S/C10H13ClN2O/c1-7-2-3-8(6-9(7)11)10(14)13-5-4-12/h2-3,6H,4-5,12H2,1H3,(H,13,14). The summed E-state index contributed by atoms with van der Waals surface area (Å²) in [4.78, 5) is 11.4. The van der Waals surface area contributed by atoms with Gasteiger partial charge in [-0.2, -0.15) is 0 Å². The number of hydrogen-bond donors (Lipinski definition) is 2. The number of benzene rings is 1. The molecule has 0 saturated heterocycles. The molecule has 3 N–H and O–H groups in total. The number of carbonyl (C=O) groups is 1. The Morgan fingerprint density at radius 2 is 2.29 bits per heavy atom. The van der Waals surface area contributed by atoms with Crippen LogP contribution in [0.3, 0.4) is 0 Å². The van der Waals surface area contributed by atoms with Gasteiger partial charge >= 0.3 is 0 Å². The second kappa shape index (κ2) is 4.98. The lowest BCUT2D eigenvalue weighted by Crippen LogP contribution is -2.28. The summed E-state index contributed by atoms with van der Waals surface area (Å²) in [5.41, 5.74) is 6.79. The average Bonchev–Trinajstić information content (AvgIpc) is 2.18. The van der Waals surface area contributed by atoms with Gasteiger partial charge in [0.2, 0.25) is 0 Å². The summed E-state index contributed by atoms with van der Waals surface area (Å²) in [6.45, 7) is 2.81. The van der Waals surface area contributed by atoms with Gasteiger partial charge in [0.1, 0.15) is 0 Å². The van der Waals surface area contributed by atoms with Gasteiger partial charge in [-0.1, -0.05) is 17.7 Å². The van der Waals surface area contributed by atoms with Crippen molar-refractivity contribution < 1.29 is 4.79 Å². The zero-order valence-electron chi connectivity index (χ0n) is 8.01. The van der Waals surface area contributed by atoms with Crippen LogP contribution in [-0.2, 0) is 0 Å². The molecular weight excluding hydrogens is 200 g/mol. The third-order valence-corrected chi connectivity index (χ3v) is 2.27. The molecule has 0 heterocycles. The number of rotatable bonds is 3. The van der Waals surface area contributed by atoms with Crippen LogP contribution in [-0.4, -0.2) is 19.0 Å². The highest BCUT2D eigenvalue weighted by atomic mass is 35.5. The highest BCUT2D eigenvalue weighted by Crippen LogP contribution is 2.16. The number of aryl methyl sites for hydroxylation is 1. The number of amides is 1. The normalized spacial score (nSPS) is 9.93. The molecule has 0 aromatic heterocycles. The summed E-state index contributed by atoms with van der Waals surface area (Å²) in [7, 11) is 0. The molecule has 0 spiro atoms. The number of nitrogens with one attached hydrogen (secondary N) is 1. The van der Waals surface area contributed by atoms with Crippen molar-refractivity contribution in [2.75, 3.05) is 13.1 Å². The summed E-state index contributed by atoms with van der Waals surface area (Å²) in [6.07, 6.45) is 0. The van der Waals surface area contributed by atoms with Crippen LogP contribution in [0.15, 0.2) is 18.2 Å². The lowest BCUT2D eigenvalue weighted by atomic mass is 10.1. The van der Waals surface area contributed by atoms with Gasteiger partial charge in [-0.05, 0) is 24.6 Å². The first-order chi connectivity index (χ1) is 6.65. The Bertz CT molecular complexity index is 339. The van der Waals surface area contributed by atoms with Gasteiger partial charge in [0, 0.05) is 23.7 Å². The van der Waals surface area contributed by atoms with Gasteiger partial charge in [-0.3, -0.25) is 4.79 Å². The van der Waals surface area contributed by atoms with Gasteiger partial charge < -0.3 is 11.1 Å². The highest BCUT2D eigenvalue weighted by molar-refractivity contribution is 6.31.